The van der Waals surface area contributed by atoms with Crippen LogP contribution in [0.25, 0.3) is 0 Å². The molecular weight excluding hydrogens is 348 g/mol. The normalized spacial score (nSPS) is 10.5. The maximum Gasteiger partial charge on any atom is 0.261 e. The van der Waals surface area contributed by atoms with E-state index in [2.05, 4.69) is 21.7 Å². The van der Waals surface area contributed by atoms with Crippen LogP contribution in [0.1, 0.15) is 27.2 Å². The summed E-state index contributed by atoms with van der Waals surface area (Å²) >= 11 is 1.38. The van der Waals surface area contributed by atoms with Gasteiger partial charge < -0.3 is 15.2 Å². The largest absolute Gasteiger partial charge is 0.352 e. The minimum absolute atomic E-state index is 0.0866. The van der Waals surface area contributed by atoms with Crippen LogP contribution in [0.3, 0.4) is 0 Å². The molecule has 0 fully saturated rings. The molecule has 0 bridgehead atoms. The second-order valence-corrected chi connectivity index (χ2v) is 6.76. The summed E-state index contributed by atoms with van der Waals surface area (Å²) in [5.41, 5.74) is 2.19. The molecule has 2 aromatic heterocycles. The smallest absolute Gasteiger partial charge is 0.261 e. The van der Waals surface area contributed by atoms with Crippen molar-refractivity contribution in [3.63, 3.8) is 0 Å². The Balaban J connectivity index is 1.40. The van der Waals surface area contributed by atoms with Crippen LogP contribution in [0.2, 0.25) is 0 Å². The predicted octanol–water partition coefficient (Wildman–Crippen LogP) is 2.43. The highest BCUT2D eigenvalue weighted by Crippen LogP contribution is 2.08. The quantitative estimate of drug-likeness (QED) is 0.641. The van der Waals surface area contributed by atoms with Crippen LogP contribution in [-0.2, 0) is 17.9 Å². The summed E-state index contributed by atoms with van der Waals surface area (Å²) in [5, 5.41) is 7.49. The predicted molar refractivity (Wildman–Crippen MR) is 101 cm³/mol. The zero-order valence-electron chi connectivity index (χ0n) is 14.2. The fraction of sp³-hybridized carbons (Fsp3) is 0.211. The molecule has 0 aliphatic rings. The third kappa shape index (κ3) is 5.29. The average Bonchev–Trinajstić information content (AvgIpc) is 3.34. The minimum atomic E-state index is -0.139. The van der Waals surface area contributed by atoms with Crippen LogP contribution in [0.5, 0.6) is 0 Å². The van der Waals surface area contributed by atoms with E-state index in [1.807, 2.05) is 40.4 Å². The van der Waals surface area contributed by atoms with E-state index in [-0.39, 0.29) is 18.2 Å². The van der Waals surface area contributed by atoms with Gasteiger partial charge in [0.05, 0.1) is 11.2 Å². The Labute approximate surface area is 155 Å². The molecule has 7 heteroatoms. The van der Waals surface area contributed by atoms with Crippen LogP contribution in [0.15, 0.2) is 60.5 Å². The summed E-state index contributed by atoms with van der Waals surface area (Å²) in [7, 11) is 0. The molecule has 0 aliphatic carbocycles. The molecule has 2 amide bonds. The second-order valence-electron chi connectivity index (χ2n) is 5.81. The van der Waals surface area contributed by atoms with Crippen molar-refractivity contribution in [2.24, 2.45) is 0 Å². The lowest BCUT2D eigenvalue weighted by atomic mass is 10.1. The van der Waals surface area contributed by atoms with E-state index in [1.54, 1.807) is 18.6 Å². The van der Waals surface area contributed by atoms with Gasteiger partial charge in [0.25, 0.3) is 5.91 Å². The lowest BCUT2D eigenvalue weighted by molar-refractivity contribution is -0.121. The second kappa shape index (κ2) is 8.96. The molecule has 0 atom stereocenters. The number of nitrogens with one attached hydrogen (secondary N) is 2. The minimum Gasteiger partial charge on any atom is -0.352 e. The van der Waals surface area contributed by atoms with Crippen LogP contribution >= 0.6 is 11.3 Å². The Morgan fingerprint density at radius 1 is 1.12 bits per heavy atom. The van der Waals surface area contributed by atoms with Crippen molar-refractivity contribution in [1.29, 1.82) is 0 Å². The molecule has 2 N–H and O–H groups in total. The molecule has 0 radical (unpaired) electrons. The van der Waals surface area contributed by atoms with Gasteiger partial charge in [0, 0.05) is 38.4 Å². The molecule has 134 valence electrons. The number of amides is 2. The van der Waals surface area contributed by atoms with Gasteiger partial charge >= 0.3 is 0 Å². The first kappa shape index (κ1) is 17.9. The molecule has 3 aromatic rings. The lowest BCUT2D eigenvalue weighted by Crippen LogP contribution is -2.30. The molecule has 26 heavy (non-hydrogen) atoms. The topological polar surface area (TPSA) is 76.0 Å². The third-order valence-electron chi connectivity index (χ3n) is 3.79. The highest BCUT2D eigenvalue weighted by atomic mass is 32.1. The number of thiophene rings is 1. The number of rotatable bonds is 8. The molecule has 0 spiro atoms. The van der Waals surface area contributed by atoms with E-state index in [1.165, 1.54) is 11.3 Å². The first-order chi connectivity index (χ1) is 12.7. The molecule has 0 saturated heterocycles. The first-order valence-electron chi connectivity index (χ1n) is 8.32. The number of benzene rings is 1. The molecule has 6 nitrogen and oxygen atoms in total. The SMILES string of the molecule is O=C(CCNC(=O)c1cccs1)NCc1cccc(Cn2ccnc2)c1. The number of hydrogen-bond acceptors (Lipinski definition) is 4. The van der Waals surface area contributed by atoms with Crippen LogP contribution in [0.4, 0.5) is 0 Å². The van der Waals surface area contributed by atoms with Crippen LogP contribution in [-0.4, -0.2) is 27.9 Å². The Hall–Kier alpha value is -2.93. The van der Waals surface area contributed by atoms with Gasteiger partial charge in [0.2, 0.25) is 5.91 Å². The zero-order chi connectivity index (χ0) is 18.2. The third-order valence-corrected chi connectivity index (χ3v) is 4.66. The molecule has 0 aliphatic heterocycles. The zero-order valence-corrected chi connectivity index (χ0v) is 15.0. The van der Waals surface area contributed by atoms with E-state index in [9.17, 15) is 9.59 Å². The van der Waals surface area contributed by atoms with E-state index in [4.69, 9.17) is 0 Å². The van der Waals surface area contributed by atoms with Crippen LogP contribution in [0, 0.1) is 0 Å². The number of nitrogens with zero attached hydrogens (tertiary/aromatic N) is 2. The van der Waals surface area contributed by atoms with Gasteiger partial charge in [-0.3, -0.25) is 9.59 Å². The van der Waals surface area contributed by atoms with Gasteiger partial charge in [0.1, 0.15) is 0 Å². The highest BCUT2D eigenvalue weighted by Gasteiger charge is 2.07. The monoisotopic (exact) mass is 368 g/mol. The van der Waals surface area contributed by atoms with Gasteiger partial charge in [-0.15, -0.1) is 11.3 Å². The van der Waals surface area contributed by atoms with E-state index >= 15 is 0 Å². The van der Waals surface area contributed by atoms with E-state index < -0.39 is 0 Å². The molecule has 1 aromatic carbocycles. The summed E-state index contributed by atoms with van der Waals surface area (Å²) in [5.74, 6) is -0.225. The Morgan fingerprint density at radius 3 is 2.77 bits per heavy atom. The van der Waals surface area contributed by atoms with Crippen LogP contribution < -0.4 is 10.6 Å². The summed E-state index contributed by atoms with van der Waals surface area (Å²) < 4.78 is 1.99. The maximum absolute atomic E-state index is 12.0. The van der Waals surface area contributed by atoms with Gasteiger partial charge in [-0.25, -0.2) is 4.98 Å². The number of carbonyl (C=O) groups excluding carboxylic acids is 2. The van der Waals surface area contributed by atoms with Crippen molar-refractivity contribution in [2.45, 2.75) is 19.5 Å². The van der Waals surface area contributed by atoms with E-state index in [0.717, 1.165) is 17.7 Å². The number of carbonyl (C=O) groups is 2. The molecule has 3 rings (SSSR count). The molecule has 0 unspecified atom stereocenters. The fourth-order valence-electron chi connectivity index (χ4n) is 2.50. The Kier molecular flexibility index (Phi) is 6.16. The van der Waals surface area contributed by atoms with Crippen molar-refractivity contribution >= 4 is 23.2 Å². The average molecular weight is 368 g/mol. The fourth-order valence-corrected chi connectivity index (χ4v) is 3.14. The first-order valence-corrected chi connectivity index (χ1v) is 9.20. The van der Waals surface area contributed by atoms with Gasteiger partial charge in [-0.05, 0) is 22.6 Å². The number of imidazole rings is 1. The maximum atomic E-state index is 12.0. The van der Waals surface area contributed by atoms with Gasteiger partial charge in [-0.2, -0.15) is 0 Å². The van der Waals surface area contributed by atoms with Crippen molar-refractivity contribution < 1.29 is 9.59 Å². The van der Waals surface area contributed by atoms with Crippen molar-refractivity contribution in [2.75, 3.05) is 6.54 Å². The van der Waals surface area contributed by atoms with Crippen molar-refractivity contribution in [3.8, 4) is 0 Å². The highest BCUT2D eigenvalue weighted by molar-refractivity contribution is 7.12. The van der Waals surface area contributed by atoms with Crippen molar-refractivity contribution in [3.05, 3.63) is 76.5 Å². The van der Waals surface area contributed by atoms with E-state index in [0.29, 0.717) is 18.0 Å². The van der Waals surface area contributed by atoms with Crippen molar-refractivity contribution in [1.82, 2.24) is 20.2 Å². The lowest BCUT2D eigenvalue weighted by Gasteiger charge is -2.08. The summed E-state index contributed by atoms with van der Waals surface area (Å²) in [6.45, 7) is 1.54. The van der Waals surface area contributed by atoms with Gasteiger partial charge in [-0.1, -0.05) is 30.3 Å². The summed E-state index contributed by atoms with van der Waals surface area (Å²) in [4.78, 5) is 28.4. The summed E-state index contributed by atoms with van der Waals surface area (Å²) in [6.07, 6.45) is 5.70. The number of aromatic nitrogens is 2. The molecule has 2 heterocycles. The van der Waals surface area contributed by atoms with Gasteiger partial charge in [0.15, 0.2) is 0 Å². The Morgan fingerprint density at radius 2 is 2.00 bits per heavy atom. The standard InChI is InChI=1S/C19H20N4O2S/c24-18(6-7-21-19(25)17-5-2-10-26-17)22-12-15-3-1-4-16(11-15)13-23-9-8-20-14-23/h1-5,8-11,14H,6-7,12-13H2,(H,21,25)(H,22,24). The molecule has 0 saturated carbocycles. The summed E-state index contributed by atoms with van der Waals surface area (Å²) in [6, 6.07) is 11.7. The molecular formula is C19H20N4O2S. The Bertz CT molecular complexity index is 844. The number of hydrogen-bond donors (Lipinski definition) is 2.